The van der Waals surface area contributed by atoms with Crippen molar-refractivity contribution in [3.05, 3.63) is 83.3 Å². The van der Waals surface area contributed by atoms with E-state index in [9.17, 15) is 13.2 Å². The number of sulfonamides is 1. The lowest BCUT2D eigenvalue weighted by atomic mass is 10.1. The van der Waals surface area contributed by atoms with Gasteiger partial charge in [0.15, 0.2) is 5.13 Å². The molecule has 33 heavy (non-hydrogen) atoms. The molecule has 0 atom stereocenters. The molecule has 0 radical (unpaired) electrons. The summed E-state index contributed by atoms with van der Waals surface area (Å²) in [5.41, 5.74) is 3.48. The summed E-state index contributed by atoms with van der Waals surface area (Å²) >= 11 is 1.37. The van der Waals surface area contributed by atoms with E-state index in [-0.39, 0.29) is 16.5 Å². The zero-order valence-corrected chi connectivity index (χ0v) is 19.2. The molecule has 166 valence electrons. The number of hydrogen-bond donors (Lipinski definition) is 1. The van der Waals surface area contributed by atoms with Crippen LogP contribution in [0, 0.1) is 6.92 Å². The molecule has 2 aromatic carbocycles. The second-order valence-electron chi connectivity index (χ2n) is 7.45. The highest BCUT2D eigenvalue weighted by Gasteiger charge is 2.31. The molecule has 0 unspecified atom stereocenters. The Morgan fingerprint density at radius 3 is 2.70 bits per heavy atom. The zero-order valence-electron chi connectivity index (χ0n) is 17.6. The zero-order chi connectivity index (χ0) is 23.0. The van der Waals surface area contributed by atoms with Crippen LogP contribution >= 0.6 is 11.3 Å². The van der Waals surface area contributed by atoms with Crippen molar-refractivity contribution in [1.29, 1.82) is 0 Å². The number of aromatic nitrogens is 3. The van der Waals surface area contributed by atoms with Crippen molar-refractivity contribution in [1.82, 2.24) is 15.0 Å². The number of thiazole rings is 1. The summed E-state index contributed by atoms with van der Waals surface area (Å²) in [7, 11) is -3.61. The maximum atomic E-state index is 13.1. The molecule has 4 aromatic rings. The van der Waals surface area contributed by atoms with Gasteiger partial charge in [0.2, 0.25) is 0 Å². The summed E-state index contributed by atoms with van der Waals surface area (Å²) in [5, 5.41) is 3.23. The molecule has 0 fully saturated rings. The van der Waals surface area contributed by atoms with Gasteiger partial charge in [-0.15, -0.1) is 11.3 Å². The molecule has 1 amide bonds. The maximum absolute atomic E-state index is 13.1. The van der Waals surface area contributed by atoms with Gasteiger partial charge >= 0.3 is 0 Å². The number of carbonyl (C=O) groups is 1. The Balaban J connectivity index is 1.41. The first-order valence-corrected chi connectivity index (χ1v) is 12.4. The fourth-order valence-corrected chi connectivity index (χ4v) is 6.14. The molecule has 8 nitrogen and oxygen atoms in total. The van der Waals surface area contributed by atoms with Gasteiger partial charge in [0.1, 0.15) is 5.69 Å². The number of anilines is 2. The molecular weight excluding hydrogens is 458 g/mol. The second kappa shape index (κ2) is 8.38. The van der Waals surface area contributed by atoms with Gasteiger partial charge in [0, 0.05) is 29.4 Å². The molecule has 10 heteroatoms. The van der Waals surface area contributed by atoms with Crippen LogP contribution < -0.4 is 9.62 Å². The van der Waals surface area contributed by atoms with Crippen LogP contribution in [0.1, 0.15) is 20.9 Å². The van der Waals surface area contributed by atoms with Gasteiger partial charge in [-0.3, -0.25) is 19.4 Å². The third kappa shape index (κ3) is 3.98. The van der Waals surface area contributed by atoms with E-state index in [0.29, 0.717) is 23.8 Å². The fraction of sp³-hybridized carbons (Fsp3) is 0.130. The number of fused-ring (bicyclic) bond motifs is 1. The number of carbonyl (C=O) groups excluding carboxylic acids is 1. The van der Waals surface area contributed by atoms with Crippen LogP contribution in [0.3, 0.4) is 0 Å². The van der Waals surface area contributed by atoms with Gasteiger partial charge in [0.25, 0.3) is 15.9 Å². The van der Waals surface area contributed by atoms with Crippen molar-refractivity contribution in [2.24, 2.45) is 0 Å². The third-order valence-electron chi connectivity index (χ3n) is 5.35. The summed E-state index contributed by atoms with van der Waals surface area (Å²) in [4.78, 5) is 26.1. The predicted octanol–water partition coefficient (Wildman–Crippen LogP) is 3.91. The van der Waals surface area contributed by atoms with Gasteiger partial charge in [-0.25, -0.2) is 18.4 Å². The Morgan fingerprint density at radius 1 is 1.12 bits per heavy atom. The van der Waals surface area contributed by atoms with Crippen molar-refractivity contribution in [3.63, 3.8) is 0 Å². The van der Waals surface area contributed by atoms with Crippen LogP contribution in [-0.4, -0.2) is 35.8 Å². The molecule has 5 rings (SSSR count). The Bertz CT molecular complexity index is 1440. The van der Waals surface area contributed by atoms with E-state index >= 15 is 0 Å². The molecule has 0 saturated carbocycles. The van der Waals surface area contributed by atoms with Crippen LogP contribution in [0.15, 0.2) is 72.0 Å². The summed E-state index contributed by atoms with van der Waals surface area (Å²) < 4.78 is 27.6. The number of hydrogen-bond acceptors (Lipinski definition) is 7. The average molecular weight is 478 g/mol. The first kappa shape index (κ1) is 21.2. The highest BCUT2D eigenvalue weighted by Crippen LogP contribution is 2.37. The van der Waals surface area contributed by atoms with Gasteiger partial charge < -0.3 is 0 Å². The molecule has 2 aromatic heterocycles. The lowest BCUT2D eigenvalue weighted by molar-refractivity contribution is 0.102. The number of nitrogens with zero attached hydrogens (tertiary/aromatic N) is 4. The van der Waals surface area contributed by atoms with E-state index in [1.807, 2.05) is 25.1 Å². The molecule has 1 N–H and O–H groups in total. The molecular formula is C23H19N5O3S2. The largest absolute Gasteiger partial charge is 0.296 e. The van der Waals surface area contributed by atoms with Gasteiger partial charge in [-0.05, 0) is 43.2 Å². The average Bonchev–Trinajstić information content (AvgIpc) is 3.43. The van der Waals surface area contributed by atoms with Crippen LogP contribution in [0.2, 0.25) is 0 Å². The lowest BCUT2D eigenvalue weighted by Gasteiger charge is -2.19. The Kier molecular flexibility index (Phi) is 5.39. The summed E-state index contributed by atoms with van der Waals surface area (Å²) in [6.45, 7) is 2.33. The quantitative estimate of drug-likeness (QED) is 0.467. The highest BCUT2D eigenvalue weighted by molar-refractivity contribution is 7.92. The van der Waals surface area contributed by atoms with E-state index in [2.05, 4.69) is 20.3 Å². The first-order chi connectivity index (χ1) is 15.9. The molecule has 0 saturated heterocycles. The van der Waals surface area contributed by atoms with E-state index in [1.54, 1.807) is 30.3 Å². The minimum Gasteiger partial charge on any atom is -0.296 e. The van der Waals surface area contributed by atoms with Crippen molar-refractivity contribution < 1.29 is 13.2 Å². The second-order valence-corrected chi connectivity index (χ2v) is 10.5. The van der Waals surface area contributed by atoms with Crippen molar-refractivity contribution in [3.8, 4) is 11.3 Å². The number of amides is 1. The van der Waals surface area contributed by atoms with Crippen LogP contribution in [-0.2, 0) is 16.4 Å². The number of nitrogens with one attached hydrogen (secondary N) is 1. The Morgan fingerprint density at radius 2 is 1.94 bits per heavy atom. The number of aryl methyl sites for hydroxylation is 1. The van der Waals surface area contributed by atoms with Crippen molar-refractivity contribution in [2.75, 3.05) is 16.2 Å². The minimum absolute atomic E-state index is 0.212. The molecule has 1 aliphatic rings. The summed E-state index contributed by atoms with van der Waals surface area (Å²) in [5.74, 6) is -0.376. The van der Waals surface area contributed by atoms with E-state index in [1.165, 1.54) is 34.2 Å². The van der Waals surface area contributed by atoms with E-state index in [0.717, 1.165) is 21.7 Å². The van der Waals surface area contributed by atoms with Gasteiger partial charge in [-0.2, -0.15) is 0 Å². The topological polar surface area (TPSA) is 105 Å². The van der Waals surface area contributed by atoms with Crippen molar-refractivity contribution >= 4 is 38.1 Å². The molecule has 3 heterocycles. The third-order valence-corrected chi connectivity index (χ3v) is 8.06. The predicted molar refractivity (Wildman–Crippen MR) is 127 cm³/mol. The first-order valence-electron chi connectivity index (χ1n) is 10.2. The Labute approximate surface area is 195 Å². The number of rotatable bonds is 5. The maximum Gasteiger partial charge on any atom is 0.277 e. The molecule has 1 aliphatic heterocycles. The Hall–Kier alpha value is -3.63. The van der Waals surface area contributed by atoms with E-state index < -0.39 is 10.0 Å². The normalized spacial score (nSPS) is 13.1. The van der Waals surface area contributed by atoms with Crippen LogP contribution in [0.25, 0.3) is 11.3 Å². The SMILES string of the molecule is Cc1sc(NC(=O)c2cnccn2)nc1-c1ccc2c(c1)CCN2S(=O)(=O)c1ccccc1. The highest BCUT2D eigenvalue weighted by atomic mass is 32.2. The van der Waals surface area contributed by atoms with E-state index in [4.69, 9.17) is 0 Å². The summed E-state index contributed by atoms with van der Waals surface area (Å²) in [6, 6.07) is 14.1. The number of benzene rings is 2. The minimum atomic E-state index is -3.61. The monoisotopic (exact) mass is 477 g/mol. The summed E-state index contributed by atoms with van der Waals surface area (Å²) in [6.07, 6.45) is 4.98. The standard InChI is InChI=1S/C23H19N5O3S2/c1-15-21(26-23(32-15)27-22(29)19-14-24-10-11-25-19)17-7-8-20-16(13-17)9-12-28(20)33(30,31)18-5-3-2-4-6-18/h2-8,10-11,13-14H,9,12H2,1H3,(H,26,27,29). The van der Waals surface area contributed by atoms with Crippen molar-refractivity contribution in [2.45, 2.75) is 18.2 Å². The van der Waals surface area contributed by atoms with Crippen LogP contribution in [0.4, 0.5) is 10.8 Å². The lowest BCUT2D eigenvalue weighted by Crippen LogP contribution is -2.29. The van der Waals surface area contributed by atoms with Crippen LogP contribution in [0.5, 0.6) is 0 Å². The molecule has 0 bridgehead atoms. The van der Waals surface area contributed by atoms with Gasteiger partial charge in [0.05, 0.1) is 22.5 Å². The fourth-order valence-electron chi connectivity index (χ4n) is 3.78. The van der Waals surface area contributed by atoms with Gasteiger partial charge in [-0.1, -0.05) is 24.3 Å². The smallest absolute Gasteiger partial charge is 0.277 e. The molecule has 0 spiro atoms. The molecule has 0 aliphatic carbocycles.